The highest BCUT2D eigenvalue weighted by molar-refractivity contribution is 5.37. The Bertz CT molecular complexity index is 415. The van der Waals surface area contributed by atoms with Crippen LogP contribution in [0.25, 0.3) is 0 Å². The van der Waals surface area contributed by atoms with Crippen molar-refractivity contribution < 1.29 is 0 Å². The van der Waals surface area contributed by atoms with Crippen LogP contribution in [-0.2, 0) is 6.42 Å². The van der Waals surface area contributed by atoms with Crippen molar-refractivity contribution in [3.05, 3.63) is 35.4 Å². The fraction of sp³-hybridized carbons (Fsp3) is 0.625. The van der Waals surface area contributed by atoms with E-state index in [0.29, 0.717) is 12.1 Å². The predicted octanol–water partition coefficient (Wildman–Crippen LogP) is 2.60. The van der Waals surface area contributed by atoms with Crippen LogP contribution in [-0.4, -0.2) is 31.1 Å². The van der Waals surface area contributed by atoms with Gasteiger partial charge in [0, 0.05) is 18.6 Å². The molecule has 1 saturated heterocycles. The first-order valence-electron chi connectivity index (χ1n) is 7.32. The Hall–Kier alpha value is -0.860. The highest BCUT2D eigenvalue weighted by Gasteiger charge is 2.37. The average Bonchev–Trinajstić information content (AvgIpc) is 3.02. The van der Waals surface area contributed by atoms with Crippen LogP contribution in [0.15, 0.2) is 24.3 Å². The van der Waals surface area contributed by atoms with Crippen molar-refractivity contribution in [3.63, 3.8) is 0 Å². The second-order valence-electron chi connectivity index (χ2n) is 5.79. The van der Waals surface area contributed by atoms with Gasteiger partial charge in [-0.2, -0.15) is 0 Å². The smallest absolute Gasteiger partial charge is 0.0481 e. The topological polar surface area (TPSA) is 15.3 Å². The molecule has 3 rings (SSSR count). The Labute approximate surface area is 110 Å². The van der Waals surface area contributed by atoms with Crippen LogP contribution in [0.1, 0.15) is 36.9 Å². The van der Waals surface area contributed by atoms with Gasteiger partial charge in [-0.05, 0) is 43.5 Å². The molecule has 2 heteroatoms. The normalized spacial score (nSPS) is 31.8. The quantitative estimate of drug-likeness (QED) is 0.879. The summed E-state index contributed by atoms with van der Waals surface area (Å²) in [6.45, 7) is 4.91. The zero-order chi connectivity index (χ0) is 12.5. The summed E-state index contributed by atoms with van der Waals surface area (Å²) in [5, 5.41) is 3.54. The predicted molar refractivity (Wildman–Crippen MR) is 75.7 cm³/mol. The summed E-state index contributed by atoms with van der Waals surface area (Å²) in [5.74, 6) is 0.922. The minimum atomic E-state index is 0.525. The van der Waals surface area contributed by atoms with E-state index in [1.165, 1.54) is 37.9 Å². The minimum Gasteiger partial charge on any atom is -0.312 e. The molecular formula is C16H24N2. The molecule has 1 fully saturated rings. The van der Waals surface area contributed by atoms with Gasteiger partial charge in [-0.1, -0.05) is 37.6 Å². The molecule has 0 saturated carbocycles. The van der Waals surface area contributed by atoms with Crippen molar-refractivity contribution in [1.82, 2.24) is 10.2 Å². The summed E-state index contributed by atoms with van der Waals surface area (Å²) in [4.78, 5) is 2.72. The third kappa shape index (κ3) is 1.98. The van der Waals surface area contributed by atoms with E-state index in [1.807, 2.05) is 0 Å². The molecule has 0 spiro atoms. The van der Waals surface area contributed by atoms with Crippen molar-refractivity contribution in [2.24, 2.45) is 5.92 Å². The largest absolute Gasteiger partial charge is 0.312 e. The lowest BCUT2D eigenvalue weighted by molar-refractivity contribution is 0.201. The molecule has 0 amide bonds. The zero-order valence-electron chi connectivity index (χ0n) is 11.5. The molecule has 1 aromatic rings. The van der Waals surface area contributed by atoms with Crippen LogP contribution in [0.3, 0.4) is 0 Å². The van der Waals surface area contributed by atoms with Gasteiger partial charge < -0.3 is 5.32 Å². The van der Waals surface area contributed by atoms with Crippen molar-refractivity contribution in [2.75, 3.05) is 20.1 Å². The Morgan fingerprint density at radius 3 is 2.89 bits per heavy atom. The van der Waals surface area contributed by atoms with E-state index >= 15 is 0 Å². The number of likely N-dealkylation sites (N-methyl/N-ethyl adjacent to an activating group) is 1. The van der Waals surface area contributed by atoms with Gasteiger partial charge >= 0.3 is 0 Å². The molecule has 2 nitrogen and oxygen atoms in total. The SMILES string of the molecule is CCC1CCN(C2Cc3ccccc3C2NC)C1. The van der Waals surface area contributed by atoms with Crippen LogP contribution in [0.2, 0.25) is 0 Å². The maximum atomic E-state index is 3.54. The molecule has 98 valence electrons. The van der Waals surface area contributed by atoms with Gasteiger partial charge in [0.05, 0.1) is 0 Å². The van der Waals surface area contributed by atoms with Gasteiger partial charge in [-0.15, -0.1) is 0 Å². The molecule has 0 bridgehead atoms. The Morgan fingerprint density at radius 2 is 2.17 bits per heavy atom. The van der Waals surface area contributed by atoms with E-state index < -0.39 is 0 Å². The van der Waals surface area contributed by atoms with Crippen molar-refractivity contribution in [3.8, 4) is 0 Å². The van der Waals surface area contributed by atoms with Gasteiger partial charge in [0.2, 0.25) is 0 Å². The number of fused-ring (bicyclic) bond motifs is 1. The number of nitrogens with zero attached hydrogens (tertiary/aromatic N) is 1. The summed E-state index contributed by atoms with van der Waals surface area (Å²) >= 11 is 0. The lowest BCUT2D eigenvalue weighted by Crippen LogP contribution is -2.40. The van der Waals surface area contributed by atoms with E-state index in [4.69, 9.17) is 0 Å². The number of rotatable bonds is 3. The fourth-order valence-corrected chi connectivity index (χ4v) is 3.76. The molecule has 0 radical (unpaired) electrons. The van der Waals surface area contributed by atoms with Gasteiger partial charge in [-0.25, -0.2) is 0 Å². The van der Waals surface area contributed by atoms with Gasteiger partial charge in [0.25, 0.3) is 0 Å². The first-order valence-corrected chi connectivity index (χ1v) is 7.32. The molecule has 1 aliphatic carbocycles. The maximum Gasteiger partial charge on any atom is 0.0481 e. The molecule has 3 atom stereocenters. The third-order valence-corrected chi connectivity index (χ3v) is 4.88. The van der Waals surface area contributed by atoms with Crippen molar-refractivity contribution in [2.45, 2.75) is 38.3 Å². The second-order valence-corrected chi connectivity index (χ2v) is 5.79. The molecule has 18 heavy (non-hydrogen) atoms. The summed E-state index contributed by atoms with van der Waals surface area (Å²) in [5.41, 5.74) is 3.06. The molecule has 1 aliphatic heterocycles. The lowest BCUT2D eigenvalue weighted by atomic mass is 10.1. The lowest BCUT2D eigenvalue weighted by Gasteiger charge is -2.29. The summed E-state index contributed by atoms with van der Waals surface area (Å²) in [6, 6.07) is 10.1. The van der Waals surface area contributed by atoms with Crippen LogP contribution in [0.5, 0.6) is 0 Å². The van der Waals surface area contributed by atoms with E-state index in [-0.39, 0.29) is 0 Å². The zero-order valence-corrected chi connectivity index (χ0v) is 11.5. The highest BCUT2D eigenvalue weighted by Crippen LogP contribution is 2.36. The third-order valence-electron chi connectivity index (χ3n) is 4.88. The maximum absolute atomic E-state index is 3.54. The summed E-state index contributed by atoms with van der Waals surface area (Å²) in [7, 11) is 2.10. The van der Waals surface area contributed by atoms with Gasteiger partial charge in [-0.3, -0.25) is 4.90 Å². The second kappa shape index (κ2) is 5.02. The van der Waals surface area contributed by atoms with Crippen LogP contribution in [0.4, 0.5) is 0 Å². The first kappa shape index (κ1) is 12.2. The molecule has 2 aliphatic rings. The molecule has 3 unspecified atom stereocenters. The van der Waals surface area contributed by atoms with Crippen LogP contribution >= 0.6 is 0 Å². The van der Waals surface area contributed by atoms with Gasteiger partial charge in [0.15, 0.2) is 0 Å². The van der Waals surface area contributed by atoms with Crippen LogP contribution in [0, 0.1) is 5.92 Å². The van der Waals surface area contributed by atoms with E-state index in [1.54, 1.807) is 5.56 Å². The van der Waals surface area contributed by atoms with Crippen molar-refractivity contribution >= 4 is 0 Å². The monoisotopic (exact) mass is 244 g/mol. The first-order chi connectivity index (χ1) is 8.83. The highest BCUT2D eigenvalue weighted by atomic mass is 15.2. The van der Waals surface area contributed by atoms with Gasteiger partial charge in [0.1, 0.15) is 0 Å². The molecule has 1 N–H and O–H groups in total. The number of benzene rings is 1. The Kier molecular flexibility index (Phi) is 3.40. The Balaban J connectivity index is 1.79. The molecule has 0 aromatic heterocycles. The molecular weight excluding hydrogens is 220 g/mol. The van der Waals surface area contributed by atoms with Crippen LogP contribution < -0.4 is 5.32 Å². The standard InChI is InChI=1S/C16H24N2/c1-3-12-8-9-18(11-12)15-10-13-6-4-5-7-14(13)16(15)17-2/h4-7,12,15-17H,3,8-11H2,1-2H3. The molecule has 1 aromatic carbocycles. The minimum absolute atomic E-state index is 0.525. The number of hydrogen-bond donors (Lipinski definition) is 1. The Morgan fingerprint density at radius 1 is 1.33 bits per heavy atom. The summed E-state index contributed by atoms with van der Waals surface area (Å²) < 4.78 is 0. The van der Waals surface area contributed by atoms with E-state index in [0.717, 1.165) is 5.92 Å². The number of hydrogen-bond acceptors (Lipinski definition) is 2. The van der Waals surface area contributed by atoms with E-state index in [9.17, 15) is 0 Å². The average molecular weight is 244 g/mol. The van der Waals surface area contributed by atoms with Crippen molar-refractivity contribution in [1.29, 1.82) is 0 Å². The summed E-state index contributed by atoms with van der Waals surface area (Å²) in [6.07, 6.45) is 3.94. The fourth-order valence-electron chi connectivity index (χ4n) is 3.76. The van der Waals surface area contributed by atoms with E-state index in [2.05, 4.69) is 48.5 Å². The number of nitrogens with one attached hydrogen (secondary N) is 1. The molecule has 1 heterocycles. The number of likely N-dealkylation sites (tertiary alicyclic amines) is 1.